The number of anilines is 1. The van der Waals surface area contributed by atoms with Crippen molar-refractivity contribution in [1.82, 2.24) is 15.1 Å². The van der Waals surface area contributed by atoms with Gasteiger partial charge in [0.05, 0.1) is 5.56 Å². The van der Waals surface area contributed by atoms with Crippen molar-refractivity contribution in [3.63, 3.8) is 0 Å². The van der Waals surface area contributed by atoms with Crippen molar-refractivity contribution in [2.75, 3.05) is 31.1 Å². The van der Waals surface area contributed by atoms with Crippen LogP contribution in [0.2, 0.25) is 5.15 Å². The first-order valence-electron chi connectivity index (χ1n) is 8.44. The van der Waals surface area contributed by atoms with E-state index in [9.17, 15) is 4.79 Å². The molecule has 1 aliphatic heterocycles. The van der Waals surface area contributed by atoms with Gasteiger partial charge >= 0.3 is 0 Å². The fraction of sp³-hybridized carbons (Fsp3) is 0.688. The van der Waals surface area contributed by atoms with Gasteiger partial charge < -0.3 is 10.6 Å². The molecule has 0 spiro atoms. The third-order valence-electron chi connectivity index (χ3n) is 5.79. The molecule has 1 aromatic rings. The van der Waals surface area contributed by atoms with Crippen molar-refractivity contribution in [2.24, 2.45) is 17.6 Å². The molecular weight excluding hydrogens is 314 g/mol. The number of rotatable bonds is 3. The van der Waals surface area contributed by atoms with Crippen LogP contribution in [-0.4, -0.2) is 53.2 Å². The number of fused-ring (bicyclic) bond motifs is 2. The van der Waals surface area contributed by atoms with Crippen LogP contribution >= 0.6 is 11.6 Å². The van der Waals surface area contributed by atoms with Gasteiger partial charge in [-0.05, 0) is 37.2 Å². The van der Waals surface area contributed by atoms with Crippen LogP contribution in [0.4, 0.5) is 5.82 Å². The van der Waals surface area contributed by atoms with Gasteiger partial charge in [0.25, 0.3) is 5.91 Å². The van der Waals surface area contributed by atoms with Gasteiger partial charge in [-0.3, -0.25) is 9.69 Å². The first kappa shape index (κ1) is 15.1. The van der Waals surface area contributed by atoms with Gasteiger partial charge in [-0.25, -0.2) is 0 Å². The molecule has 2 aliphatic carbocycles. The molecule has 2 N–H and O–H groups in total. The van der Waals surface area contributed by atoms with E-state index in [1.54, 1.807) is 0 Å². The lowest BCUT2D eigenvalue weighted by molar-refractivity contribution is 0.0999. The Hall–Kier alpha value is -1.40. The van der Waals surface area contributed by atoms with Crippen molar-refractivity contribution in [2.45, 2.75) is 31.7 Å². The fourth-order valence-corrected chi connectivity index (χ4v) is 4.85. The summed E-state index contributed by atoms with van der Waals surface area (Å²) in [6, 6.07) is 2.27. The summed E-state index contributed by atoms with van der Waals surface area (Å²) in [5.41, 5.74) is 5.82. The summed E-state index contributed by atoms with van der Waals surface area (Å²) in [6.45, 7) is 3.72. The van der Waals surface area contributed by atoms with E-state index in [4.69, 9.17) is 17.3 Å². The Bertz CT molecular complexity index is 616. The van der Waals surface area contributed by atoms with E-state index in [1.165, 1.54) is 31.7 Å². The molecule has 3 fully saturated rings. The average Bonchev–Trinajstić information content (AvgIpc) is 3.18. The largest absolute Gasteiger partial charge is 0.365 e. The van der Waals surface area contributed by atoms with Gasteiger partial charge in [-0.1, -0.05) is 18.0 Å². The summed E-state index contributed by atoms with van der Waals surface area (Å²) in [5.74, 6) is 1.93. The van der Waals surface area contributed by atoms with Crippen LogP contribution in [0.25, 0.3) is 0 Å². The van der Waals surface area contributed by atoms with Crippen LogP contribution in [-0.2, 0) is 0 Å². The Morgan fingerprint density at radius 3 is 2.57 bits per heavy atom. The minimum absolute atomic E-state index is 0.197. The Kier molecular flexibility index (Phi) is 3.89. The molecule has 23 heavy (non-hydrogen) atoms. The second kappa shape index (κ2) is 5.91. The van der Waals surface area contributed by atoms with E-state index >= 15 is 0 Å². The van der Waals surface area contributed by atoms with Crippen LogP contribution in [0.15, 0.2) is 6.07 Å². The summed E-state index contributed by atoms with van der Waals surface area (Å²) in [4.78, 5) is 16.4. The van der Waals surface area contributed by atoms with Crippen molar-refractivity contribution in [1.29, 1.82) is 0 Å². The zero-order valence-corrected chi connectivity index (χ0v) is 13.9. The second-order valence-electron chi connectivity index (χ2n) is 7.03. The smallest absolute Gasteiger partial charge is 0.252 e. The molecular formula is C16H22ClN5O. The number of carbonyl (C=O) groups excluding carboxylic acids is 1. The maximum Gasteiger partial charge on any atom is 0.252 e. The van der Waals surface area contributed by atoms with E-state index < -0.39 is 5.91 Å². The Labute approximate surface area is 141 Å². The zero-order chi connectivity index (χ0) is 16.0. The SMILES string of the molecule is NC(=O)c1cc(Cl)nnc1N1CCN(C2CC3CCC2C3)CC1. The topological polar surface area (TPSA) is 75.3 Å². The standard InChI is InChI=1S/C16H22ClN5O/c17-14-9-12(15(18)23)16(20-19-14)22-5-3-21(4-6-22)13-8-10-1-2-11(13)7-10/h9-11,13H,1-8H2,(H2,18,23). The number of nitrogens with zero attached hydrogens (tertiary/aromatic N) is 4. The van der Waals surface area contributed by atoms with E-state index in [1.807, 2.05) is 0 Å². The van der Waals surface area contributed by atoms with E-state index in [0.29, 0.717) is 11.4 Å². The maximum absolute atomic E-state index is 11.6. The van der Waals surface area contributed by atoms with Gasteiger partial charge in [0.15, 0.2) is 11.0 Å². The number of halogens is 1. The molecule has 2 saturated carbocycles. The number of piperazine rings is 1. The Morgan fingerprint density at radius 2 is 1.96 bits per heavy atom. The molecule has 124 valence electrons. The number of amides is 1. The average molecular weight is 336 g/mol. The summed E-state index contributed by atoms with van der Waals surface area (Å²) < 4.78 is 0. The molecule has 2 bridgehead atoms. The van der Waals surface area contributed by atoms with E-state index in [0.717, 1.165) is 44.1 Å². The minimum Gasteiger partial charge on any atom is -0.365 e. The molecule has 4 rings (SSSR count). The molecule has 3 atom stereocenters. The molecule has 0 aromatic carbocycles. The predicted octanol–water partition coefficient (Wildman–Crippen LogP) is 1.54. The number of hydrogen-bond donors (Lipinski definition) is 1. The number of primary amides is 1. The lowest BCUT2D eigenvalue weighted by Crippen LogP contribution is -2.52. The molecule has 0 radical (unpaired) electrons. The fourth-order valence-electron chi connectivity index (χ4n) is 4.70. The zero-order valence-electron chi connectivity index (χ0n) is 13.1. The number of nitrogens with two attached hydrogens (primary N) is 1. The van der Waals surface area contributed by atoms with Gasteiger partial charge in [0, 0.05) is 32.2 Å². The first-order chi connectivity index (χ1) is 11.1. The van der Waals surface area contributed by atoms with E-state index in [-0.39, 0.29) is 5.15 Å². The summed E-state index contributed by atoms with van der Waals surface area (Å²) in [7, 11) is 0. The van der Waals surface area contributed by atoms with E-state index in [2.05, 4.69) is 20.0 Å². The normalized spacial score (nSPS) is 30.8. The Balaban J connectivity index is 1.45. The lowest BCUT2D eigenvalue weighted by atomic mass is 9.93. The third-order valence-corrected chi connectivity index (χ3v) is 5.98. The summed E-state index contributed by atoms with van der Waals surface area (Å²) in [5, 5.41) is 8.18. The molecule has 1 amide bonds. The van der Waals surface area contributed by atoms with Crippen molar-refractivity contribution in [3.05, 3.63) is 16.8 Å². The Morgan fingerprint density at radius 1 is 1.17 bits per heavy atom. The van der Waals surface area contributed by atoms with Gasteiger partial charge in [-0.2, -0.15) is 0 Å². The highest BCUT2D eigenvalue weighted by Gasteiger charge is 2.42. The maximum atomic E-state index is 11.6. The highest BCUT2D eigenvalue weighted by atomic mass is 35.5. The molecule has 3 unspecified atom stereocenters. The third kappa shape index (κ3) is 2.78. The van der Waals surface area contributed by atoms with Crippen molar-refractivity contribution >= 4 is 23.3 Å². The van der Waals surface area contributed by atoms with Crippen LogP contribution < -0.4 is 10.6 Å². The number of hydrogen-bond acceptors (Lipinski definition) is 5. The van der Waals surface area contributed by atoms with Crippen LogP contribution in [0, 0.1) is 11.8 Å². The minimum atomic E-state index is -0.507. The first-order valence-corrected chi connectivity index (χ1v) is 8.81. The van der Waals surface area contributed by atoms with Crippen molar-refractivity contribution in [3.8, 4) is 0 Å². The molecule has 6 nitrogen and oxygen atoms in total. The van der Waals surface area contributed by atoms with Gasteiger partial charge in [0.1, 0.15) is 0 Å². The monoisotopic (exact) mass is 335 g/mol. The van der Waals surface area contributed by atoms with Gasteiger partial charge in [0.2, 0.25) is 0 Å². The summed E-state index contributed by atoms with van der Waals surface area (Å²) in [6.07, 6.45) is 5.64. The quantitative estimate of drug-likeness (QED) is 0.906. The number of aromatic nitrogens is 2. The van der Waals surface area contributed by atoms with Crippen LogP contribution in [0.5, 0.6) is 0 Å². The van der Waals surface area contributed by atoms with Crippen LogP contribution in [0.1, 0.15) is 36.0 Å². The predicted molar refractivity (Wildman–Crippen MR) is 88.6 cm³/mol. The molecule has 1 aromatic heterocycles. The molecule has 2 heterocycles. The lowest BCUT2D eigenvalue weighted by Gasteiger charge is -2.41. The molecule has 1 saturated heterocycles. The summed E-state index contributed by atoms with van der Waals surface area (Å²) >= 11 is 5.84. The highest BCUT2D eigenvalue weighted by molar-refractivity contribution is 6.29. The van der Waals surface area contributed by atoms with Crippen LogP contribution in [0.3, 0.4) is 0 Å². The molecule has 7 heteroatoms. The van der Waals surface area contributed by atoms with Gasteiger partial charge in [-0.15, -0.1) is 10.2 Å². The number of carbonyl (C=O) groups is 1. The van der Waals surface area contributed by atoms with Crippen molar-refractivity contribution < 1.29 is 4.79 Å². The highest BCUT2D eigenvalue weighted by Crippen LogP contribution is 2.46. The second-order valence-corrected chi connectivity index (χ2v) is 7.42. The molecule has 3 aliphatic rings.